The van der Waals surface area contributed by atoms with Crippen LogP contribution in [0.15, 0.2) is 6.07 Å². The van der Waals surface area contributed by atoms with Crippen molar-refractivity contribution in [2.45, 2.75) is 25.7 Å². The molecule has 0 amide bonds. The van der Waals surface area contributed by atoms with Gasteiger partial charge in [0.1, 0.15) is 6.07 Å². The third-order valence-electron chi connectivity index (χ3n) is 1.90. The van der Waals surface area contributed by atoms with Gasteiger partial charge in [-0.05, 0) is 31.9 Å². The molecule has 0 radical (unpaired) electrons. The van der Waals surface area contributed by atoms with Gasteiger partial charge in [-0.1, -0.05) is 6.42 Å². The third kappa shape index (κ3) is 3.26. The zero-order chi connectivity index (χ0) is 9.52. The Morgan fingerprint density at radius 3 is 2.92 bits per heavy atom. The van der Waals surface area contributed by atoms with E-state index < -0.39 is 0 Å². The largest absolute Gasteiger partial charge is 0.330 e. The van der Waals surface area contributed by atoms with E-state index in [1.165, 1.54) is 0 Å². The van der Waals surface area contributed by atoms with Gasteiger partial charge < -0.3 is 5.73 Å². The van der Waals surface area contributed by atoms with Crippen molar-refractivity contribution in [3.8, 4) is 6.07 Å². The van der Waals surface area contributed by atoms with Crippen molar-refractivity contribution in [1.82, 2.24) is 10.2 Å². The van der Waals surface area contributed by atoms with Crippen molar-refractivity contribution in [1.29, 1.82) is 5.26 Å². The van der Waals surface area contributed by atoms with E-state index in [0.717, 1.165) is 37.9 Å². The molecule has 0 aliphatic heterocycles. The van der Waals surface area contributed by atoms with Crippen LogP contribution in [0.3, 0.4) is 0 Å². The average molecular weight is 178 g/mol. The number of unbranched alkanes of at least 4 members (excludes halogenated alkanes) is 2. The molecule has 0 unspecified atom stereocenters. The van der Waals surface area contributed by atoms with E-state index in [4.69, 9.17) is 11.0 Å². The number of nitrogens with zero attached hydrogens (tertiary/aromatic N) is 2. The van der Waals surface area contributed by atoms with Gasteiger partial charge in [0.05, 0.1) is 0 Å². The molecule has 1 aromatic heterocycles. The molecular weight excluding hydrogens is 164 g/mol. The Morgan fingerprint density at radius 1 is 1.46 bits per heavy atom. The average Bonchev–Trinajstić information content (AvgIpc) is 2.60. The van der Waals surface area contributed by atoms with Gasteiger partial charge in [0.25, 0.3) is 0 Å². The second-order valence-corrected chi connectivity index (χ2v) is 2.99. The summed E-state index contributed by atoms with van der Waals surface area (Å²) >= 11 is 0. The van der Waals surface area contributed by atoms with E-state index in [1.54, 1.807) is 6.07 Å². The minimum Gasteiger partial charge on any atom is -0.330 e. The van der Waals surface area contributed by atoms with Gasteiger partial charge in [-0.25, -0.2) is 0 Å². The summed E-state index contributed by atoms with van der Waals surface area (Å²) in [5.74, 6) is 0. The number of hydrogen-bond donors (Lipinski definition) is 2. The molecule has 0 spiro atoms. The molecule has 0 aliphatic carbocycles. The van der Waals surface area contributed by atoms with Crippen molar-refractivity contribution in [3.63, 3.8) is 0 Å². The first-order chi connectivity index (χ1) is 6.36. The number of nitrogens with one attached hydrogen (secondary N) is 1. The SMILES string of the molecule is N#Cc1cc(CCCCCN)[nH]n1. The Hall–Kier alpha value is -1.34. The monoisotopic (exact) mass is 178 g/mol. The normalized spacial score (nSPS) is 9.85. The van der Waals surface area contributed by atoms with Crippen molar-refractivity contribution in [2.24, 2.45) is 5.73 Å². The Bertz CT molecular complexity index is 284. The summed E-state index contributed by atoms with van der Waals surface area (Å²) in [7, 11) is 0. The van der Waals surface area contributed by atoms with Crippen LogP contribution in [0.5, 0.6) is 0 Å². The van der Waals surface area contributed by atoms with Gasteiger partial charge in [0.2, 0.25) is 0 Å². The maximum absolute atomic E-state index is 8.51. The van der Waals surface area contributed by atoms with Crippen LogP contribution in [-0.4, -0.2) is 16.7 Å². The quantitative estimate of drug-likeness (QED) is 0.659. The van der Waals surface area contributed by atoms with Crippen LogP contribution in [-0.2, 0) is 6.42 Å². The van der Waals surface area contributed by atoms with Crippen LogP contribution < -0.4 is 5.73 Å². The summed E-state index contributed by atoms with van der Waals surface area (Å²) < 4.78 is 0. The number of aryl methyl sites for hydroxylation is 1. The first kappa shape index (κ1) is 9.75. The highest BCUT2D eigenvalue weighted by Crippen LogP contribution is 2.04. The van der Waals surface area contributed by atoms with Crippen molar-refractivity contribution >= 4 is 0 Å². The summed E-state index contributed by atoms with van der Waals surface area (Å²) in [5.41, 5.74) is 6.87. The van der Waals surface area contributed by atoms with Crippen LogP contribution in [0.1, 0.15) is 30.7 Å². The van der Waals surface area contributed by atoms with Crippen molar-refractivity contribution < 1.29 is 0 Å². The van der Waals surface area contributed by atoms with E-state index in [9.17, 15) is 0 Å². The number of nitrogens with two attached hydrogens (primary N) is 1. The standard InChI is InChI=1S/C9H14N4/c10-5-3-1-2-4-8-6-9(7-11)13-12-8/h6H,1-5,10H2,(H,12,13). The van der Waals surface area contributed by atoms with Crippen LogP contribution in [0.4, 0.5) is 0 Å². The highest BCUT2D eigenvalue weighted by Gasteiger charge is 1.98. The lowest BCUT2D eigenvalue weighted by atomic mass is 10.1. The van der Waals surface area contributed by atoms with Crippen LogP contribution in [0.2, 0.25) is 0 Å². The molecule has 1 heterocycles. The molecular formula is C9H14N4. The van der Waals surface area contributed by atoms with Crippen LogP contribution >= 0.6 is 0 Å². The molecule has 4 nitrogen and oxygen atoms in total. The van der Waals surface area contributed by atoms with Gasteiger partial charge in [-0.2, -0.15) is 10.4 Å². The van der Waals surface area contributed by atoms with Gasteiger partial charge in [-0.3, -0.25) is 5.10 Å². The molecule has 0 saturated carbocycles. The molecule has 0 fully saturated rings. The minimum atomic E-state index is 0.467. The molecule has 0 aliphatic rings. The number of aromatic amines is 1. The molecule has 70 valence electrons. The fraction of sp³-hybridized carbons (Fsp3) is 0.556. The highest BCUT2D eigenvalue weighted by molar-refractivity contribution is 5.21. The number of aromatic nitrogens is 2. The maximum atomic E-state index is 8.51. The Labute approximate surface area is 77.8 Å². The molecule has 1 aromatic rings. The second-order valence-electron chi connectivity index (χ2n) is 2.99. The summed E-state index contributed by atoms with van der Waals surface area (Å²) in [6.45, 7) is 0.756. The molecule has 0 bridgehead atoms. The Morgan fingerprint density at radius 2 is 2.31 bits per heavy atom. The van der Waals surface area contributed by atoms with E-state index in [2.05, 4.69) is 10.2 Å². The molecule has 4 heteroatoms. The first-order valence-corrected chi connectivity index (χ1v) is 4.51. The highest BCUT2D eigenvalue weighted by atomic mass is 15.1. The molecule has 0 saturated heterocycles. The summed E-state index contributed by atoms with van der Waals surface area (Å²) in [6.07, 6.45) is 4.26. The third-order valence-corrected chi connectivity index (χ3v) is 1.90. The summed E-state index contributed by atoms with van der Waals surface area (Å²) in [5, 5.41) is 15.2. The lowest BCUT2D eigenvalue weighted by molar-refractivity contribution is 0.678. The Kier molecular flexibility index (Phi) is 4.00. The van der Waals surface area contributed by atoms with E-state index in [1.807, 2.05) is 6.07 Å². The zero-order valence-electron chi connectivity index (χ0n) is 7.58. The molecule has 13 heavy (non-hydrogen) atoms. The second kappa shape index (κ2) is 5.33. The van der Waals surface area contributed by atoms with Gasteiger partial charge in [0.15, 0.2) is 5.69 Å². The molecule has 0 atom stereocenters. The molecule has 1 rings (SSSR count). The minimum absolute atomic E-state index is 0.467. The van der Waals surface area contributed by atoms with Crippen LogP contribution in [0, 0.1) is 11.3 Å². The maximum Gasteiger partial charge on any atom is 0.162 e. The molecule has 3 N–H and O–H groups in total. The summed E-state index contributed by atoms with van der Waals surface area (Å²) in [4.78, 5) is 0. The van der Waals surface area contributed by atoms with Gasteiger partial charge >= 0.3 is 0 Å². The predicted molar refractivity (Wildman–Crippen MR) is 49.9 cm³/mol. The number of H-pyrrole nitrogens is 1. The van der Waals surface area contributed by atoms with Crippen molar-refractivity contribution in [2.75, 3.05) is 6.54 Å². The van der Waals surface area contributed by atoms with Gasteiger partial charge in [0, 0.05) is 5.69 Å². The topological polar surface area (TPSA) is 78.5 Å². The fourth-order valence-corrected chi connectivity index (χ4v) is 1.18. The number of rotatable bonds is 5. The fourth-order valence-electron chi connectivity index (χ4n) is 1.18. The first-order valence-electron chi connectivity index (χ1n) is 4.51. The lowest BCUT2D eigenvalue weighted by Gasteiger charge is -1.95. The van der Waals surface area contributed by atoms with Crippen molar-refractivity contribution in [3.05, 3.63) is 17.5 Å². The number of hydrogen-bond acceptors (Lipinski definition) is 3. The number of nitriles is 1. The van der Waals surface area contributed by atoms with E-state index >= 15 is 0 Å². The smallest absolute Gasteiger partial charge is 0.162 e. The van der Waals surface area contributed by atoms with E-state index in [-0.39, 0.29) is 0 Å². The lowest BCUT2D eigenvalue weighted by Crippen LogP contribution is -1.98. The molecule has 0 aromatic carbocycles. The predicted octanol–water partition coefficient (Wildman–Crippen LogP) is 0.953. The van der Waals surface area contributed by atoms with E-state index in [0.29, 0.717) is 5.69 Å². The van der Waals surface area contributed by atoms with Gasteiger partial charge in [-0.15, -0.1) is 0 Å². The Balaban J connectivity index is 2.25. The van der Waals surface area contributed by atoms with Crippen LogP contribution in [0.25, 0.3) is 0 Å². The zero-order valence-corrected chi connectivity index (χ0v) is 7.58. The summed E-state index contributed by atoms with van der Waals surface area (Å²) in [6, 6.07) is 3.78.